The molecule has 3 N–H and O–H groups in total. The first-order valence-electron chi connectivity index (χ1n) is 6.06. The van der Waals surface area contributed by atoms with Gasteiger partial charge in [0.2, 0.25) is 0 Å². The fourth-order valence-electron chi connectivity index (χ4n) is 1.92. The van der Waals surface area contributed by atoms with Crippen LogP contribution in [0.5, 0.6) is 11.5 Å². The van der Waals surface area contributed by atoms with Crippen molar-refractivity contribution >= 4 is 15.9 Å². The number of hydrogen-bond donors (Lipinski definition) is 3. The predicted molar refractivity (Wildman–Crippen MR) is 79.2 cm³/mol. The number of phenolic OH excluding ortho intramolecular Hbond substituents is 2. The van der Waals surface area contributed by atoms with Crippen molar-refractivity contribution in [2.24, 2.45) is 0 Å². The van der Waals surface area contributed by atoms with Gasteiger partial charge in [0.1, 0.15) is 11.5 Å². The van der Waals surface area contributed by atoms with Crippen molar-refractivity contribution < 1.29 is 10.2 Å². The van der Waals surface area contributed by atoms with Gasteiger partial charge in [-0.1, -0.05) is 28.1 Å². The van der Waals surface area contributed by atoms with Crippen molar-refractivity contribution in [3.8, 4) is 11.5 Å². The number of rotatable bonds is 4. The van der Waals surface area contributed by atoms with Crippen molar-refractivity contribution in [1.29, 1.82) is 0 Å². The predicted octanol–water partition coefficient (Wildman–Crippen LogP) is 3.71. The number of benzene rings is 2. The highest BCUT2D eigenvalue weighted by molar-refractivity contribution is 9.10. The Kier molecular flexibility index (Phi) is 4.45. The van der Waals surface area contributed by atoms with Crippen LogP contribution in [-0.4, -0.2) is 10.2 Å². The Morgan fingerprint density at radius 3 is 2.68 bits per heavy atom. The first-order chi connectivity index (χ1) is 9.06. The average molecular weight is 322 g/mol. The summed E-state index contributed by atoms with van der Waals surface area (Å²) in [5.41, 5.74) is 1.84. The van der Waals surface area contributed by atoms with Crippen LogP contribution in [0.3, 0.4) is 0 Å². The monoisotopic (exact) mass is 321 g/mol. The summed E-state index contributed by atoms with van der Waals surface area (Å²) in [5, 5.41) is 22.6. The van der Waals surface area contributed by atoms with Crippen molar-refractivity contribution in [2.45, 2.75) is 19.5 Å². The normalized spacial score (nSPS) is 12.3. The van der Waals surface area contributed by atoms with Gasteiger partial charge in [-0.2, -0.15) is 0 Å². The van der Waals surface area contributed by atoms with Gasteiger partial charge in [0.25, 0.3) is 0 Å². The van der Waals surface area contributed by atoms with Gasteiger partial charge >= 0.3 is 0 Å². The zero-order chi connectivity index (χ0) is 13.8. The summed E-state index contributed by atoms with van der Waals surface area (Å²) >= 11 is 3.43. The number of phenols is 2. The summed E-state index contributed by atoms with van der Waals surface area (Å²) in [6, 6.07) is 12.5. The minimum atomic E-state index is -0.0499. The van der Waals surface area contributed by atoms with Crippen LogP contribution in [0.2, 0.25) is 0 Å². The van der Waals surface area contributed by atoms with E-state index < -0.39 is 0 Å². The van der Waals surface area contributed by atoms with Crippen LogP contribution in [-0.2, 0) is 6.54 Å². The molecule has 0 aliphatic heterocycles. The van der Waals surface area contributed by atoms with Gasteiger partial charge in [-0.05, 0) is 42.8 Å². The molecular formula is C15H16BrNO2. The second kappa shape index (κ2) is 6.08. The van der Waals surface area contributed by atoms with Crippen LogP contribution < -0.4 is 5.32 Å². The Labute approximate surface area is 121 Å². The summed E-state index contributed by atoms with van der Waals surface area (Å²) in [5.74, 6) is 0.343. The maximum atomic E-state index is 9.79. The molecule has 4 heteroatoms. The van der Waals surface area contributed by atoms with Crippen LogP contribution in [0.15, 0.2) is 46.9 Å². The molecule has 2 aromatic carbocycles. The van der Waals surface area contributed by atoms with E-state index in [2.05, 4.69) is 21.2 Å². The fraction of sp³-hybridized carbons (Fsp3) is 0.200. The van der Waals surface area contributed by atoms with Crippen LogP contribution in [0.1, 0.15) is 24.1 Å². The number of aromatic hydroxyl groups is 2. The molecule has 0 aliphatic rings. The average Bonchev–Trinajstić information content (AvgIpc) is 2.39. The first kappa shape index (κ1) is 13.9. The third-order valence-corrected chi connectivity index (χ3v) is 3.47. The van der Waals surface area contributed by atoms with Gasteiger partial charge in [0.05, 0.1) is 0 Å². The van der Waals surface area contributed by atoms with E-state index in [0.29, 0.717) is 12.1 Å². The Morgan fingerprint density at radius 2 is 1.95 bits per heavy atom. The number of halogens is 1. The third kappa shape index (κ3) is 3.72. The van der Waals surface area contributed by atoms with Crippen molar-refractivity contribution in [3.05, 3.63) is 58.1 Å². The van der Waals surface area contributed by atoms with Gasteiger partial charge in [-0.3, -0.25) is 0 Å². The second-order valence-electron chi connectivity index (χ2n) is 4.48. The minimum Gasteiger partial charge on any atom is -0.508 e. The van der Waals surface area contributed by atoms with Gasteiger partial charge in [-0.15, -0.1) is 0 Å². The lowest BCUT2D eigenvalue weighted by Gasteiger charge is -2.16. The molecule has 0 heterocycles. The maximum Gasteiger partial charge on any atom is 0.120 e. The summed E-state index contributed by atoms with van der Waals surface area (Å²) in [4.78, 5) is 0. The Hall–Kier alpha value is -1.52. The van der Waals surface area contributed by atoms with Gasteiger partial charge < -0.3 is 15.5 Å². The maximum absolute atomic E-state index is 9.79. The van der Waals surface area contributed by atoms with Crippen molar-refractivity contribution in [2.75, 3.05) is 0 Å². The quantitative estimate of drug-likeness (QED) is 0.752. The van der Waals surface area contributed by atoms with Crippen LogP contribution in [0.4, 0.5) is 0 Å². The Morgan fingerprint density at radius 1 is 1.16 bits per heavy atom. The second-order valence-corrected chi connectivity index (χ2v) is 5.39. The molecule has 0 amide bonds. The molecular weight excluding hydrogens is 306 g/mol. The molecule has 3 nitrogen and oxygen atoms in total. The van der Waals surface area contributed by atoms with Crippen molar-refractivity contribution in [3.63, 3.8) is 0 Å². The van der Waals surface area contributed by atoms with E-state index in [0.717, 1.165) is 10.0 Å². The molecule has 0 bridgehead atoms. The van der Waals surface area contributed by atoms with Gasteiger partial charge in [0.15, 0.2) is 0 Å². The summed E-state index contributed by atoms with van der Waals surface area (Å²) < 4.78 is 1.04. The van der Waals surface area contributed by atoms with E-state index in [9.17, 15) is 10.2 Å². The number of hydrogen-bond acceptors (Lipinski definition) is 3. The summed E-state index contributed by atoms with van der Waals surface area (Å²) in [7, 11) is 0. The largest absolute Gasteiger partial charge is 0.508 e. The molecule has 2 rings (SSSR count). The lowest BCUT2D eigenvalue weighted by molar-refractivity contribution is 0.440. The van der Waals surface area contributed by atoms with E-state index in [1.165, 1.54) is 12.1 Å². The number of nitrogens with one attached hydrogen (secondary N) is 1. The zero-order valence-corrected chi connectivity index (χ0v) is 12.2. The zero-order valence-electron chi connectivity index (χ0n) is 10.6. The Bertz CT molecular complexity index is 572. The molecule has 0 aliphatic carbocycles. The van der Waals surface area contributed by atoms with Crippen LogP contribution >= 0.6 is 15.9 Å². The molecule has 0 aromatic heterocycles. The molecule has 19 heavy (non-hydrogen) atoms. The molecule has 1 unspecified atom stereocenters. The molecule has 0 spiro atoms. The molecule has 0 saturated carbocycles. The van der Waals surface area contributed by atoms with Gasteiger partial charge in [-0.25, -0.2) is 0 Å². The lowest BCUT2D eigenvalue weighted by atomic mass is 10.1. The lowest BCUT2D eigenvalue weighted by Crippen LogP contribution is -2.18. The molecule has 2 aromatic rings. The van der Waals surface area contributed by atoms with E-state index in [4.69, 9.17) is 0 Å². The highest BCUT2D eigenvalue weighted by Crippen LogP contribution is 2.27. The third-order valence-electron chi connectivity index (χ3n) is 2.98. The molecule has 0 fully saturated rings. The van der Waals surface area contributed by atoms with E-state index in [1.807, 2.05) is 31.2 Å². The van der Waals surface area contributed by atoms with Gasteiger partial charge in [0, 0.05) is 22.6 Å². The highest BCUT2D eigenvalue weighted by atomic mass is 79.9. The molecule has 100 valence electrons. The first-order valence-corrected chi connectivity index (χ1v) is 6.85. The SMILES string of the molecule is CC(NCc1cccc(Br)c1)c1cc(O)ccc1O. The summed E-state index contributed by atoms with van der Waals surface area (Å²) in [6.45, 7) is 2.64. The minimum absolute atomic E-state index is 0.0499. The Balaban J connectivity index is 2.05. The van der Waals surface area contributed by atoms with E-state index in [1.54, 1.807) is 6.07 Å². The topological polar surface area (TPSA) is 52.5 Å². The fourth-order valence-corrected chi connectivity index (χ4v) is 2.36. The molecule has 0 radical (unpaired) electrons. The van der Waals surface area contributed by atoms with E-state index >= 15 is 0 Å². The van der Waals surface area contributed by atoms with Crippen LogP contribution in [0, 0.1) is 0 Å². The van der Waals surface area contributed by atoms with Crippen LogP contribution in [0.25, 0.3) is 0 Å². The highest BCUT2D eigenvalue weighted by Gasteiger charge is 2.10. The van der Waals surface area contributed by atoms with Crippen molar-refractivity contribution in [1.82, 2.24) is 5.32 Å². The molecule has 0 saturated heterocycles. The standard InChI is InChI=1S/C15H16BrNO2/c1-10(14-8-13(18)5-6-15(14)19)17-9-11-3-2-4-12(16)7-11/h2-8,10,17-19H,9H2,1H3. The van der Waals surface area contributed by atoms with E-state index in [-0.39, 0.29) is 17.5 Å². The molecule has 1 atom stereocenters. The summed E-state index contributed by atoms with van der Waals surface area (Å²) in [6.07, 6.45) is 0. The smallest absolute Gasteiger partial charge is 0.120 e.